The molecule has 178 valence electrons. The molecular weight excluding hydrogens is 501 g/mol. The number of allylic oxidation sites excluding steroid dienone is 1. The van der Waals surface area contributed by atoms with Gasteiger partial charge in [-0.25, -0.2) is 4.98 Å². The highest BCUT2D eigenvalue weighted by Gasteiger charge is 2.51. The van der Waals surface area contributed by atoms with Crippen molar-refractivity contribution in [2.24, 2.45) is 0 Å². The predicted octanol–water partition coefficient (Wildman–Crippen LogP) is -0.513. The van der Waals surface area contributed by atoms with Crippen LogP contribution in [0.1, 0.15) is 12.5 Å². The van der Waals surface area contributed by atoms with Gasteiger partial charge in [-0.2, -0.15) is 13.8 Å². The highest BCUT2D eigenvalue weighted by atomic mass is 31.3. The number of hydrogen-bond donors (Lipinski definition) is 2. The number of rotatable bonds is 8. The molecule has 5 atom stereocenters. The molecule has 0 amide bonds. The number of anilines is 1. The number of aromatic amines is 1. The summed E-state index contributed by atoms with van der Waals surface area (Å²) in [5, 5.41) is -5.42. The molecule has 0 radical (unpaired) electrons. The van der Waals surface area contributed by atoms with Crippen molar-refractivity contribution in [2.45, 2.75) is 24.0 Å². The van der Waals surface area contributed by atoms with Crippen molar-refractivity contribution in [3.05, 3.63) is 28.8 Å². The van der Waals surface area contributed by atoms with E-state index in [4.69, 9.17) is 10.5 Å². The molecule has 1 aliphatic rings. The van der Waals surface area contributed by atoms with Crippen LogP contribution in [-0.4, -0.2) is 44.0 Å². The molecule has 0 fully saturated rings. The van der Waals surface area contributed by atoms with Gasteiger partial charge in [-0.15, -0.1) is 0 Å². The van der Waals surface area contributed by atoms with Gasteiger partial charge < -0.3 is 43.4 Å². The van der Waals surface area contributed by atoms with Gasteiger partial charge in [0.15, 0.2) is 18.8 Å². The van der Waals surface area contributed by atoms with E-state index in [1.807, 2.05) is 0 Å². The van der Waals surface area contributed by atoms with Gasteiger partial charge in [0.05, 0.1) is 25.8 Å². The summed E-state index contributed by atoms with van der Waals surface area (Å²) in [5.41, 5.74) is 5.10. The Bertz CT molecular complexity index is 1270. The Balaban J connectivity index is 1.66. The third kappa shape index (κ3) is 4.78. The first-order valence-electron chi connectivity index (χ1n) is 8.55. The topological polar surface area (TPSA) is 228 Å². The van der Waals surface area contributed by atoms with Gasteiger partial charge >= 0.3 is 5.40 Å². The normalized spacial score (nSPS) is 24.8. The van der Waals surface area contributed by atoms with E-state index in [0.29, 0.717) is 0 Å². The second kappa shape index (κ2) is 8.23. The fourth-order valence-corrected chi connectivity index (χ4v) is 7.18. The van der Waals surface area contributed by atoms with Gasteiger partial charge in [0.25, 0.3) is 5.56 Å². The Hall–Kier alpha value is -1.76. The lowest BCUT2D eigenvalue weighted by Gasteiger charge is -2.40. The minimum atomic E-state index is -6.69. The average molecular weight is 516 g/mol. The largest absolute Gasteiger partial charge is 0.795 e. The molecule has 0 saturated carbocycles. The van der Waals surface area contributed by atoms with Crippen LogP contribution in [0.4, 0.5) is 14.7 Å². The minimum absolute atomic E-state index is 0.00754. The zero-order chi connectivity index (χ0) is 24.1. The lowest BCUT2D eigenvalue weighted by atomic mass is 10.2. The maximum atomic E-state index is 13.5. The number of alkyl halides is 2. The smallest absolute Gasteiger partial charge is 0.345 e. The van der Waals surface area contributed by atoms with E-state index in [-0.39, 0.29) is 30.2 Å². The molecule has 0 spiro atoms. The van der Waals surface area contributed by atoms with E-state index >= 15 is 0 Å². The van der Waals surface area contributed by atoms with Crippen molar-refractivity contribution in [3.63, 3.8) is 0 Å². The summed E-state index contributed by atoms with van der Waals surface area (Å²) in [7, 11) is -18.1. The van der Waals surface area contributed by atoms with Gasteiger partial charge in [0, 0.05) is 6.42 Å². The van der Waals surface area contributed by atoms with Crippen molar-refractivity contribution < 1.29 is 46.2 Å². The lowest BCUT2D eigenvalue weighted by Crippen LogP contribution is -2.30. The van der Waals surface area contributed by atoms with Gasteiger partial charge in [0.1, 0.15) is 6.35 Å². The van der Waals surface area contributed by atoms with Gasteiger partial charge in [-0.05, 0) is 6.66 Å². The molecule has 3 unspecified atom stereocenters. The molecule has 1 aliphatic carbocycles. The summed E-state index contributed by atoms with van der Waals surface area (Å²) in [6.45, 7) is -0.0628. The number of hydrogen-bond acceptors (Lipinski definition) is 12. The molecular formula is C13H15F2N5O9P3-3. The van der Waals surface area contributed by atoms with E-state index < -0.39 is 52.0 Å². The monoisotopic (exact) mass is 516 g/mol. The highest BCUT2D eigenvalue weighted by Crippen LogP contribution is 2.73. The van der Waals surface area contributed by atoms with E-state index in [1.54, 1.807) is 6.08 Å². The van der Waals surface area contributed by atoms with Crippen molar-refractivity contribution >= 4 is 39.7 Å². The lowest BCUT2D eigenvalue weighted by molar-refractivity contribution is -0.232. The van der Waals surface area contributed by atoms with Crippen LogP contribution < -0.4 is 26.0 Å². The Labute approximate surface area is 177 Å². The summed E-state index contributed by atoms with van der Waals surface area (Å²) in [4.78, 5) is 56.3. The van der Waals surface area contributed by atoms with Crippen molar-refractivity contribution in [2.75, 3.05) is 18.7 Å². The van der Waals surface area contributed by atoms with Crippen LogP contribution >= 0.6 is 22.6 Å². The second-order valence-electron chi connectivity index (χ2n) is 6.84. The number of nitrogens with two attached hydrogens (primary N) is 1. The highest BCUT2D eigenvalue weighted by molar-refractivity contribution is 7.76. The Kier molecular flexibility index (Phi) is 6.39. The molecule has 3 rings (SSSR count). The van der Waals surface area contributed by atoms with Crippen LogP contribution in [0.25, 0.3) is 11.2 Å². The van der Waals surface area contributed by atoms with E-state index in [0.717, 1.165) is 0 Å². The Morgan fingerprint density at radius 1 is 1.31 bits per heavy atom. The van der Waals surface area contributed by atoms with Crippen LogP contribution in [-0.2, 0) is 22.7 Å². The quantitative estimate of drug-likeness (QED) is 0.334. The maximum absolute atomic E-state index is 13.5. The summed E-state index contributed by atoms with van der Waals surface area (Å²) < 4.78 is 71.4. The SMILES string of the molecule is CP(=O)([O-])C(F)(F)P(=O)([O-])OP(=O)([O-])CO[C@H]1C=C[C@@H](n2cnc3c(=O)[nH]c(N)nc32)C1. The Morgan fingerprint density at radius 2 is 1.97 bits per heavy atom. The van der Waals surface area contributed by atoms with Crippen LogP contribution in [0.3, 0.4) is 0 Å². The summed E-state index contributed by atoms with van der Waals surface area (Å²) in [6, 6.07) is -0.507. The predicted molar refractivity (Wildman–Crippen MR) is 99.9 cm³/mol. The third-order valence-electron chi connectivity index (χ3n) is 4.33. The standard InChI is InChI=1S/C13H18F2N5O9P3/c1-30(22,23)13(14,15)32(26,27)29-31(24,25)6-28-8-3-2-7(4-8)20-5-17-9-10(20)18-12(16)19-11(9)21/h2-3,5,7-8H,4,6H2,1H3,(H,22,23)(H,24,25)(H,26,27)(H3,16,18,19,21)/p-3/t7-,8+/m1/s1. The molecule has 0 aromatic carbocycles. The van der Waals surface area contributed by atoms with Crippen LogP contribution in [0.5, 0.6) is 0 Å². The fraction of sp³-hybridized carbons (Fsp3) is 0.462. The molecule has 3 N–H and O–H groups in total. The molecule has 2 heterocycles. The second-order valence-corrected chi connectivity index (χ2v) is 13.1. The molecule has 0 aliphatic heterocycles. The van der Waals surface area contributed by atoms with E-state index in [1.165, 1.54) is 17.0 Å². The maximum Gasteiger partial charge on any atom is 0.345 e. The van der Waals surface area contributed by atoms with Gasteiger partial charge in [-0.3, -0.25) is 14.1 Å². The Morgan fingerprint density at radius 3 is 2.59 bits per heavy atom. The molecule has 0 saturated heterocycles. The number of halogens is 2. The van der Waals surface area contributed by atoms with Crippen molar-refractivity contribution in [3.8, 4) is 0 Å². The van der Waals surface area contributed by atoms with Crippen molar-refractivity contribution in [1.29, 1.82) is 0 Å². The van der Waals surface area contributed by atoms with Crippen LogP contribution in [0.2, 0.25) is 0 Å². The van der Waals surface area contributed by atoms with Crippen LogP contribution in [0, 0.1) is 0 Å². The number of nitrogen functional groups attached to an aromatic ring is 1. The number of nitrogens with zero attached hydrogens (tertiary/aromatic N) is 3. The first-order chi connectivity index (χ1) is 14.5. The molecule has 19 heteroatoms. The number of nitrogens with one attached hydrogen (secondary N) is 1. The van der Waals surface area contributed by atoms with Gasteiger partial charge in [-0.1, -0.05) is 12.2 Å². The molecule has 2 aromatic heterocycles. The van der Waals surface area contributed by atoms with Gasteiger partial charge in [0.2, 0.25) is 13.5 Å². The zero-order valence-corrected chi connectivity index (χ0v) is 18.7. The fourth-order valence-electron chi connectivity index (χ4n) is 2.81. The number of aromatic nitrogens is 4. The summed E-state index contributed by atoms with van der Waals surface area (Å²) >= 11 is 0. The number of ether oxygens (including phenoxy) is 1. The summed E-state index contributed by atoms with van der Waals surface area (Å²) in [5.74, 6) is -0.156. The number of H-pyrrole nitrogens is 1. The van der Waals surface area contributed by atoms with E-state index in [9.17, 15) is 42.0 Å². The number of imidazole rings is 1. The summed E-state index contributed by atoms with van der Waals surface area (Å²) in [6.07, 6.45) is 1.98. The third-order valence-corrected chi connectivity index (χ3v) is 10.1. The van der Waals surface area contributed by atoms with Crippen LogP contribution in [0.15, 0.2) is 23.3 Å². The molecule has 32 heavy (non-hydrogen) atoms. The first kappa shape index (κ1) is 24.9. The molecule has 0 bridgehead atoms. The first-order valence-corrected chi connectivity index (χ1v) is 13.9. The van der Waals surface area contributed by atoms with E-state index in [2.05, 4.69) is 19.3 Å². The molecule has 14 nitrogen and oxygen atoms in total. The average Bonchev–Trinajstić information content (AvgIpc) is 3.24. The van der Waals surface area contributed by atoms with Crippen molar-refractivity contribution in [1.82, 2.24) is 19.5 Å². The molecule has 2 aromatic rings. The minimum Gasteiger partial charge on any atom is -0.795 e. The zero-order valence-electron chi connectivity index (χ0n) is 16.0. The number of fused-ring (bicyclic) bond motifs is 1.